The van der Waals surface area contributed by atoms with Gasteiger partial charge in [-0.15, -0.1) is 0 Å². The Morgan fingerprint density at radius 3 is 1.59 bits per heavy atom. The third kappa shape index (κ3) is 4.44. The summed E-state index contributed by atoms with van der Waals surface area (Å²) in [5, 5.41) is 17.9. The Labute approximate surface area is 130 Å². The molecular weight excluding hydrogens is 295 g/mol. The SMILES string of the molecule is O=Pc1cc(O)ccc1O.c1ccc(-c2ccccc2)cc1. The minimum absolute atomic E-state index is 0.00356. The Hall–Kier alpha value is -2.64. The molecule has 0 aliphatic heterocycles. The molecule has 0 heterocycles. The van der Waals surface area contributed by atoms with Crippen LogP contribution in [0.2, 0.25) is 0 Å². The van der Waals surface area contributed by atoms with Crippen LogP contribution in [0.15, 0.2) is 78.9 Å². The maximum atomic E-state index is 10.2. The fraction of sp³-hybridized carbons (Fsp3) is 0. The standard InChI is InChI=1S/C12H10.C6H5O3P/c1-3-7-11(8-4-1)12-9-5-2-6-10-12;7-4-1-2-5(8)6(3-4)10-9/h1-10H;1-3,7-8H. The van der Waals surface area contributed by atoms with E-state index in [9.17, 15) is 4.57 Å². The second-order valence-electron chi connectivity index (χ2n) is 4.50. The summed E-state index contributed by atoms with van der Waals surface area (Å²) in [7, 11) is -0.293. The Kier molecular flexibility index (Phi) is 5.70. The minimum Gasteiger partial charge on any atom is -0.508 e. The third-order valence-electron chi connectivity index (χ3n) is 2.94. The maximum Gasteiger partial charge on any atom is 0.196 e. The molecule has 0 atom stereocenters. The van der Waals surface area contributed by atoms with E-state index in [2.05, 4.69) is 48.5 Å². The van der Waals surface area contributed by atoms with E-state index in [1.165, 1.54) is 29.3 Å². The van der Waals surface area contributed by atoms with Gasteiger partial charge < -0.3 is 10.2 Å². The van der Waals surface area contributed by atoms with Gasteiger partial charge in [0.05, 0.1) is 5.30 Å². The number of benzene rings is 3. The predicted octanol–water partition coefficient (Wildman–Crippen LogP) is 4.37. The molecule has 0 amide bonds. The van der Waals surface area contributed by atoms with Gasteiger partial charge in [-0.05, 0) is 29.3 Å². The van der Waals surface area contributed by atoms with Crippen molar-refractivity contribution in [3.63, 3.8) is 0 Å². The first-order chi connectivity index (χ1) is 10.7. The van der Waals surface area contributed by atoms with Gasteiger partial charge in [-0.25, -0.2) is 0 Å². The van der Waals surface area contributed by atoms with Crippen molar-refractivity contribution in [3.8, 4) is 22.6 Å². The maximum absolute atomic E-state index is 10.2. The molecule has 3 aromatic rings. The van der Waals surface area contributed by atoms with Crippen LogP contribution >= 0.6 is 8.46 Å². The molecule has 0 aliphatic rings. The zero-order valence-corrected chi connectivity index (χ0v) is 12.6. The lowest BCUT2D eigenvalue weighted by atomic mass is 10.1. The second-order valence-corrected chi connectivity index (χ2v) is 5.16. The predicted molar refractivity (Wildman–Crippen MR) is 88.9 cm³/mol. The molecule has 0 fully saturated rings. The number of phenols is 2. The van der Waals surface area contributed by atoms with Crippen LogP contribution in [0, 0.1) is 0 Å². The number of rotatable bonds is 2. The highest BCUT2D eigenvalue weighted by Gasteiger charge is 1.99. The Morgan fingerprint density at radius 1 is 0.682 bits per heavy atom. The van der Waals surface area contributed by atoms with Crippen LogP contribution in [0.5, 0.6) is 11.5 Å². The van der Waals surface area contributed by atoms with Gasteiger partial charge in [-0.3, -0.25) is 4.57 Å². The fourth-order valence-corrected chi connectivity index (χ4v) is 2.20. The lowest BCUT2D eigenvalue weighted by molar-refractivity contribution is 0.463. The van der Waals surface area contributed by atoms with Crippen LogP contribution in [0.3, 0.4) is 0 Å². The first kappa shape index (κ1) is 15.7. The van der Waals surface area contributed by atoms with E-state index in [1.807, 2.05) is 12.1 Å². The van der Waals surface area contributed by atoms with Gasteiger partial charge >= 0.3 is 0 Å². The smallest absolute Gasteiger partial charge is 0.196 e. The molecule has 2 N–H and O–H groups in total. The molecule has 110 valence electrons. The third-order valence-corrected chi connectivity index (χ3v) is 3.49. The summed E-state index contributed by atoms with van der Waals surface area (Å²) in [6, 6.07) is 24.6. The van der Waals surface area contributed by atoms with Crippen molar-refractivity contribution in [2.45, 2.75) is 0 Å². The highest BCUT2D eigenvalue weighted by molar-refractivity contribution is 7.34. The summed E-state index contributed by atoms with van der Waals surface area (Å²) in [6.45, 7) is 0. The summed E-state index contributed by atoms with van der Waals surface area (Å²) in [5.74, 6) is -0.0781. The van der Waals surface area contributed by atoms with Crippen molar-refractivity contribution in [3.05, 3.63) is 78.9 Å². The van der Waals surface area contributed by atoms with Crippen LogP contribution in [0.25, 0.3) is 11.1 Å². The first-order valence-corrected chi connectivity index (χ1v) is 7.48. The normalized spacial score (nSPS) is 9.82. The van der Waals surface area contributed by atoms with Crippen LogP contribution in [-0.4, -0.2) is 10.2 Å². The van der Waals surface area contributed by atoms with Crippen molar-refractivity contribution < 1.29 is 14.8 Å². The van der Waals surface area contributed by atoms with Crippen LogP contribution in [0.1, 0.15) is 0 Å². The molecule has 0 saturated heterocycles. The van der Waals surface area contributed by atoms with E-state index in [-0.39, 0.29) is 25.3 Å². The van der Waals surface area contributed by atoms with Gasteiger partial charge in [0.2, 0.25) is 0 Å². The fourth-order valence-electron chi connectivity index (χ4n) is 1.85. The summed E-state index contributed by atoms with van der Waals surface area (Å²) in [5.41, 5.74) is 2.55. The highest BCUT2D eigenvalue weighted by Crippen LogP contribution is 2.17. The van der Waals surface area contributed by atoms with Crippen LogP contribution in [-0.2, 0) is 4.57 Å². The van der Waals surface area contributed by atoms with Crippen molar-refractivity contribution in [2.75, 3.05) is 0 Å². The van der Waals surface area contributed by atoms with E-state index in [0.717, 1.165) is 0 Å². The lowest BCUT2D eigenvalue weighted by Crippen LogP contribution is -1.89. The number of phenolic OH excluding ortho intramolecular Hbond substituents is 2. The van der Waals surface area contributed by atoms with Crippen molar-refractivity contribution in [1.29, 1.82) is 0 Å². The van der Waals surface area contributed by atoms with Gasteiger partial charge in [-0.2, -0.15) is 0 Å². The van der Waals surface area contributed by atoms with Gasteiger partial charge in [0.15, 0.2) is 8.46 Å². The lowest BCUT2D eigenvalue weighted by Gasteiger charge is -1.98. The van der Waals surface area contributed by atoms with Crippen molar-refractivity contribution >= 4 is 13.8 Å². The zero-order valence-electron chi connectivity index (χ0n) is 11.8. The molecule has 0 aliphatic carbocycles. The van der Waals surface area contributed by atoms with Gasteiger partial charge in [0.25, 0.3) is 0 Å². The summed E-state index contributed by atoms with van der Waals surface area (Å²) in [4.78, 5) is 0. The molecule has 3 nitrogen and oxygen atoms in total. The van der Waals surface area contributed by atoms with E-state index in [0.29, 0.717) is 0 Å². The van der Waals surface area contributed by atoms with Gasteiger partial charge in [0.1, 0.15) is 11.5 Å². The molecule has 0 spiro atoms. The van der Waals surface area contributed by atoms with E-state index in [1.54, 1.807) is 0 Å². The number of aromatic hydroxyl groups is 2. The Bertz CT molecular complexity index is 690. The molecule has 0 saturated carbocycles. The molecule has 0 radical (unpaired) electrons. The largest absolute Gasteiger partial charge is 0.508 e. The van der Waals surface area contributed by atoms with Gasteiger partial charge in [-0.1, -0.05) is 60.7 Å². The molecule has 0 aromatic heterocycles. The average Bonchev–Trinajstić information content (AvgIpc) is 2.59. The van der Waals surface area contributed by atoms with Crippen molar-refractivity contribution in [1.82, 2.24) is 0 Å². The molecule has 0 unspecified atom stereocenters. The summed E-state index contributed by atoms with van der Waals surface area (Å²) >= 11 is 0. The quantitative estimate of drug-likeness (QED) is 0.546. The molecule has 3 aromatic carbocycles. The van der Waals surface area contributed by atoms with Crippen LogP contribution in [0.4, 0.5) is 0 Å². The second kappa shape index (κ2) is 7.96. The molecule has 22 heavy (non-hydrogen) atoms. The van der Waals surface area contributed by atoms with Crippen molar-refractivity contribution in [2.24, 2.45) is 0 Å². The number of hydrogen-bond donors (Lipinski definition) is 2. The van der Waals surface area contributed by atoms with E-state index < -0.39 is 0 Å². The summed E-state index contributed by atoms with van der Waals surface area (Å²) in [6.07, 6.45) is 0. The highest BCUT2D eigenvalue weighted by atomic mass is 31.1. The van der Waals surface area contributed by atoms with Gasteiger partial charge in [0, 0.05) is 0 Å². The monoisotopic (exact) mass is 310 g/mol. The first-order valence-electron chi connectivity index (χ1n) is 6.66. The average molecular weight is 310 g/mol. The topological polar surface area (TPSA) is 57.5 Å². The molecular formula is C18H15O3P. The Morgan fingerprint density at radius 2 is 1.18 bits per heavy atom. The Balaban J connectivity index is 0.000000164. The van der Waals surface area contributed by atoms with E-state index >= 15 is 0 Å². The minimum atomic E-state index is -0.293. The molecule has 4 heteroatoms. The molecule has 0 bridgehead atoms. The zero-order chi connectivity index (χ0) is 15.8. The number of hydrogen-bond acceptors (Lipinski definition) is 3. The molecule has 3 rings (SSSR count). The van der Waals surface area contributed by atoms with Crippen LogP contribution < -0.4 is 5.30 Å². The summed E-state index contributed by atoms with van der Waals surface area (Å²) < 4.78 is 10.2. The van der Waals surface area contributed by atoms with E-state index in [4.69, 9.17) is 10.2 Å².